The van der Waals surface area contributed by atoms with Gasteiger partial charge >= 0.3 is 0 Å². The van der Waals surface area contributed by atoms with Gasteiger partial charge in [-0.25, -0.2) is 4.98 Å². The highest BCUT2D eigenvalue weighted by atomic mass is 16.2. The summed E-state index contributed by atoms with van der Waals surface area (Å²) in [5.41, 5.74) is 3.96. The molecule has 28 heavy (non-hydrogen) atoms. The van der Waals surface area contributed by atoms with Crippen molar-refractivity contribution in [1.29, 1.82) is 0 Å². The Morgan fingerprint density at radius 1 is 1.39 bits per heavy atom. The molecule has 3 N–H and O–H groups in total. The molecule has 1 aliphatic heterocycles. The standard InChI is InChI=1S/C20H24N6O2/c1-12-8-17(25-24-12)20(28)26-7-3-4-14(11-26)9-16-15-5-6-21-19(15)22-10-18(16)23-13(2)27/h5-6,8,10,14H,3-4,7,9,11H2,1-2H3,(H,21,22)(H,23,27)(H,24,25)/t14-/m0/s1. The third-order valence-corrected chi connectivity index (χ3v) is 5.23. The van der Waals surface area contributed by atoms with Gasteiger partial charge in [0.05, 0.1) is 11.9 Å². The number of hydrogen-bond acceptors (Lipinski definition) is 4. The van der Waals surface area contributed by atoms with Gasteiger partial charge in [-0.3, -0.25) is 14.7 Å². The van der Waals surface area contributed by atoms with Crippen molar-refractivity contribution in [3.05, 3.63) is 41.5 Å². The SMILES string of the molecule is CC(=O)Nc1cnc2[nH]ccc2c1C[C@@H]1CCCN(C(=O)c2cc(C)[nH]n2)C1. The fourth-order valence-electron chi connectivity index (χ4n) is 3.97. The number of fused-ring (bicyclic) bond motifs is 1. The van der Waals surface area contributed by atoms with Crippen LogP contribution in [0.4, 0.5) is 5.69 Å². The molecule has 8 nitrogen and oxygen atoms in total. The molecule has 1 aliphatic rings. The molecule has 8 heteroatoms. The molecule has 4 rings (SSSR count). The van der Waals surface area contributed by atoms with E-state index in [0.29, 0.717) is 18.2 Å². The Bertz CT molecular complexity index is 1020. The molecule has 0 spiro atoms. The molecular weight excluding hydrogens is 356 g/mol. The molecule has 1 fully saturated rings. The minimum atomic E-state index is -0.118. The number of carbonyl (C=O) groups excluding carboxylic acids is 2. The van der Waals surface area contributed by atoms with Crippen LogP contribution in [0.2, 0.25) is 0 Å². The summed E-state index contributed by atoms with van der Waals surface area (Å²) in [6.45, 7) is 4.81. The summed E-state index contributed by atoms with van der Waals surface area (Å²) in [4.78, 5) is 33.8. The number of likely N-dealkylation sites (tertiary alicyclic amines) is 1. The topological polar surface area (TPSA) is 107 Å². The van der Waals surface area contributed by atoms with Crippen LogP contribution >= 0.6 is 0 Å². The summed E-state index contributed by atoms with van der Waals surface area (Å²) in [6.07, 6.45) is 6.33. The Kier molecular flexibility index (Phi) is 4.85. The van der Waals surface area contributed by atoms with Crippen molar-refractivity contribution < 1.29 is 9.59 Å². The highest BCUT2D eigenvalue weighted by Crippen LogP contribution is 2.30. The van der Waals surface area contributed by atoms with E-state index < -0.39 is 0 Å². The van der Waals surface area contributed by atoms with Gasteiger partial charge in [0.1, 0.15) is 11.3 Å². The van der Waals surface area contributed by atoms with E-state index in [9.17, 15) is 9.59 Å². The first-order valence-electron chi connectivity index (χ1n) is 9.55. The van der Waals surface area contributed by atoms with Gasteiger partial charge in [0.2, 0.25) is 5.91 Å². The third-order valence-electron chi connectivity index (χ3n) is 5.23. The molecular formula is C20H24N6O2. The first-order valence-corrected chi connectivity index (χ1v) is 9.55. The molecule has 146 valence electrons. The maximum atomic E-state index is 12.8. The zero-order chi connectivity index (χ0) is 19.7. The summed E-state index contributed by atoms with van der Waals surface area (Å²) in [5.74, 6) is 0.163. The van der Waals surface area contributed by atoms with E-state index in [1.807, 2.05) is 24.1 Å². The summed E-state index contributed by atoms with van der Waals surface area (Å²) in [6, 6.07) is 3.77. The number of carbonyl (C=O) groups is 2. The molecule has 0 saturated carbocycles. The molecule has 0 radical (unpaired) electrons. The van der Waals surface area contributed by atoms with Crippen LogP contribution in [0, 0.1) is 12.8 Å². The number of aromatic amines is 2. The van der Waals surface area contributed by atoms with Crippen LogP contribution in [0.1, 0.15) is 41.5 Å². The Labute approximate surface area is 162 Å². The van der Waals surface area contributed by atoms with Crippen molar-refractivity contribution in [3.8, 4) is 0 Å². The average Bonchev–Trinajstić information content (AvgIpc) is 3.32. The summed E-state index contributed by atoms with van der Waals surface area (Å²) in [7, 11) is 0. The van der Waals surface area contributed by atoms with E-state index in [0.717, 1.165) is 53.8 Å². The van der Waals surface area contributed by atoms with Crippen LogP contribution in [0.3, 0.4) is 0 Å². The van der Waals surface area contributed by atoms with Crippen molar-refractivity contribution >= 4 is 28.5 Å². The Morgan fingerprint density at radius 2 is 2.25 bits per heavy atom. The molecule has 0 unspecified atom stereocenters. The lowest BCUT2D eigenvalue weighted by molar-refractivity contribution is -0.114. The van der Waals surface area contributed by atoms with Crippen molar-refractivity contribution in [1.82, 2.24) is 25.1 Å². The van der Waals surface area contributed by atoms with Crippen LogP contribution < -0.4 is 5.32 Å². The quantitative estimate of drug-likeness (QED) is 0.647. The van der Waals surface area contributed by atoms with Gasteiger partial charge in [-0.1, -0.05) is 0 Å². The zero-order valence-corrected chi connectivity index (χ0v) is 16.1. The van der Waals surface area contributed by atoms with Crippen molar-refractivity contribution in [3.63, 3.8) is 0 Å². The van der Waals surface area contributed by atoms with Gasteiger partial charge in [0.15, 0.2) is 0 Å². The zero-order valence-electron chi connectivity index (χ0n) is 16.1. The van der Waals surface area contributed by atoms with Gasteiger partial charge in [-0.2, -0.15) is 5.10 Å². The molecule has 0 aliphatic carbocycles. The molecule has 1 saturated heterocycles. The fraction of sp³-hybridized carbons (Fsp3) is 0.400. The smallest absolute Gasteiger partial charge is 0.274 e. The molecule has 0 bridgehead atoms. The van der Waals surface area contributed by atoms with Crippen LogP contribution in [0.25, 0.3) is 11.0 Å². The van der Waals surface area contributed by atoms with E-state index in [2.05, 4.69) is 25.5 Å². The first-order chi connectivity index (χ1) is 13.5. The van der Waals surface area contributed by atoms with E-state index in [1.165, 1.54) is 6.92 Å². The number of anilines is 1. The number of nitrogens with one attached hydrogen (secondary N) is 3. The van der Waals surface area contributed by atoms with E-state index in [4.69, 9.17) is 0 Å². The number of aryl methyl sites for hydroxylation is 1. The number of rotatable bonds is 4. The van der Waals surface area contributed by atoms with Crippen molar-refractivity contribution in [2.75, 3.05) is 18.4 Å². The highest BCUT2D eigenvalue weighted by Gasteiger charge is 2.27. The minimum absolute atomic E-state index is 0.0299. The average molecular weight is 380 g/mol. The lowest BCUT2D eigenvalue weighted by Crippen LogP contribution is -2.40. The van der Waals surface area contributed by atoms with E-state index in [-0.39, 0.29) is 11.8 Å². The normalized spacial score (nSPS) is 17.1. The highest BCUT2D eigenvalue weighted by molar-refractivity contribution is 5.94. The van der Waals surface area contributed by atoms with Crippen molar-refractivity contribution in [2.24, 2.45) is 5.92 Å². The van der Waals surface area contributed by atoms with Crippen molar-refractivity contribution in [2.45, 2.75) is 33.1 Å². The van der Waals surface area contributed by atoms with Crippen LogP contribution in [0.15, 0.2) is 24.5 Å². The second kappa shape index (κ2) is 7.46. The first kappa shape index (κ1) is 18.2. The van der Waals surface area contributed by atoms with Gasteiger partial charge < -0.3 is 15.2 Å². The number of pyridine rings is 1. The predicted octanol–water partition coefficient (Wildman–Crippen LogP) is 2.65. The van der Waals surface area contributed by atoms with Gasteiger partial charge in [-0.15, -0.1) is 0 Å². The number of piperidine rings is 1. The summed E-state index contributed by atoms with van der Waals surface area (Å²) >= 11 is 0. The van der Waals surface area contributed by atoms with Gasteiger partial charge in [0.25, 0.3) is 5.91 Å². The van der Waals surface area contributed by atoms with E-state index in [1.54, 1.807) is 12.3 Å². The predicted molar refractivity (Wildman–Crippen MR) is 106 cm³/mol. The third kappa shape index (κ3) is 3.62. The molecule has 1 atom stereocenters. The number of hydrogen-bond donors (Lipinski definition) is 3. The minimum Gasteiger partial charge on any atom is -0.346 e. The Hall–Kier alpha value is -3.16. The van der Waals surface area contributed by atoms with Gasteiger partial charge in [-0.05, 0) is 49.8 Å². The summed E-state index contributed by atoms with van der Waals surface area (Å²) < 4.78 is 0. The molecule has 2 amide bonds. The fourth-order valence-corrected chi connectivity index (χ4v) is 3.97. The summed E-state index contributed by atoms with van der Waals surface area (Å²) in [5, 5.41) is 10.8. The molecule has 3 aromatic heterocycles. The number of nitrogens with zero attached hydrogens (tertiary/aromatic N) is 3. The maximum Gasteiger partial charge on any atom is 0.274 e. The molecule has 0 aromatic carbocycles. The lowest BCUT2D eigenvalue weighted by atomic mass is 9.89. The number of aromatic nitrogens is 4. The van der Waals surface area contributed by atoms with Crippen LogP contribution in [-0.2, 0) is 11.2 Å². The van der Waals surface area contributed by atoms with Gasteiger partial charge in [0, 0.05) is 37.3 Å². The molecule has 4 heterocycles. The maximum absolute atomic E-state index is 12.8. The lowest BCUT2D eigenvalue weighted by Gasteiger charge is -2.32. The molecule has 3 aromatic rings. The largest absolute Gasteiger partial charge is 0.346 e. The number of amides is 2. The van der Waals surface area contributed by atoms with E-state index >= 15 is 0 Å². The Morgan fingerprint density at radius 3 is 3.00 bits per heavy atom. The number of H-pyrrole nitrogens is 2. The Balaban J connectivity index is 1.56. The van der Waals surface area contributed by atoms with Crippen LogP contribution in [0.5, 0.6) is 0 Å². The second-order valence-electron chi connectivity index (χ2n) is 7.47. The van der Waals surface area contributed by atoms with Crippen LogP contribution in [-0.4, -0.2) is 50.0 Å². The second-order valence-corrected chi connectivity index (χ2v) is 7.47. The monoisotopic (exact) mass is 380 g/mol.